The number of hydrogen-bond acceptors (Lipinski definition) is 5. The Balaban J connectivity index is 1.44. The number of rotatable bonds is 7. The molecule has 0 aliphatic carbocycles. The first-order valence-corrected chi connectivity index (χ1v) is 9.05. The topological polar surface area (TPSA) is 62.4 Å². The zero-order valence-electron chi connectivity index (χ0n) is 15.7. The molecule has 0 spiro atoms. The van der Waals surface area contributed by atoms with Crippen molar-refractivity contribution in [2.75, 3.05) is 20.9 Å². The molecule has 0 saturated heterocycles. The first-order valence-electron chi connectivity index (χ1n) is 9.05. The molecule has 2 heterocycles. The molecule has 2 aromatic carbocycles. The summed E-state index contributed by atoms with van der Waals surface area (Å²) in [6.07, 6.45) is 1.87. The second-order valence-corrected chi connectivity index (χ2v) is 6.95. The molecule has 0 unspecified atom stereocenters. The number of hydrogen-bond donors (Lipinski definition) is 2. The van der Waals surface area contributed by atoms with Gasteiger partial charge in [0.1, 0.15) is 0 Å². The molecule has 0 bridgehead atoms. The largest absolute Gasteiger partial charge is 0.454 e. The monoisotopic (exact) mass is 364 g/mol. The highest BCUT2D eigenvalue weighted by Crippen LogP contribution is 2.36. The van der Waals surface area contributed by atoms with E-state index < -0.39 is 0 Å². The van der Waals surface area contributed by atoms with E-state index in [4.69, 9.17) is 9.47 Å². The fourth-order valence-corrected chi connectivity index (χ4v) is 3.30. The van der Waals surface area contributed by atoms with Gasteiger partial charge in [-0.3, -0.25) is 5.10 Å². The zero-order valence-corrected chi connectivity index (χ0v) is 15.7. The van der Waals surface area contributed by atoms with Gasteiger partial charge in [-0.2, -0.15) is 5.10 Å². The fraction of sp³-hybridized carbons (Fsp3) is 0.286. The maximum Gasteiger partial charge on any atom is 0.231 e. The van der Waals surface area contributed by atoms with Crippen molar-refractivity contribution >= 4 is 0 Å². The standard InChI is InChI=1S/C21H24N4O2/c1-25(2)13-17-6-4-3-5-16(17)10-22-11-18-12-23-24-21(18)15-7-8-19-20(9-15)27-14-26-19/h3-9,12,22H,10-11,13-14H2,1-2H3,(H,23,24). The van der Waals surface area contributed by atoms with Gasteiger partial charge in [0.05, 0.1) is 11.9 Å². The van der Waals surface area contributed by atoms with Crippen molar-refractivity contribution in [3.63, 3.8) is 0 Å². The number of benzene rings is 2. The van der Waals surface area contributed by atoms with Crippen molar-refractivity contribution in [3.05, 3.63) is 65.4 Å². The van der Waals surface area contributed by atoms with Gasteiger partial charge in [-0.15, -0.1) is 0 Å². The van der Waals surface area contributed by atoms with Gasteiger partial charge in [-0.1, -0.05) is 24.3 Å². The molecule has 4 rings (SSSR count). The third-order valence-corrected chi connectivity index (χ3v) is 4.61. The number of nitrogens with one attached hydrogen (secondary N) is 2. The Bertz CT molecular complexity index is 920. The van der Waals surface area contributed by atoms with Crippen molar-refractivity contribution < 1.29 is 9.47 Å². The van der Waals surface area contributed by atoms with Gasteiger partial charge < -0.3 is 19.7 Å². The van der Waals surface area contributed by atoms with Crippen molar-refractivity contribution in [2.45, 2.75) is 19.6 Å². The summed E-state index contributed by atoms with van der Waals surface area (Å²) < 4.78 is 10.9. The Morgan fingerprint density at radius 1 is 1.00 bits per heavy atom. The summed E-state index contributed by atoms with van der Waals surface area (Å²) in [6.45, 7) is 2.76. The smallest absolute Gasteiger partial charge is 0.231 e. The Morgan fingerprint density at radius 3 is 2.63 bits per heavy atom. The predicted octanol–water partition coefficient (Wildman–Crippen LogP) is 3.16. The molecule has 6 nitrogen and oxygen atoms in total. The summed E-state index contributed by atoms with van der Waals surface area (Å²) in [5, 5.41) is 10.9. The average Bonchev–Trinajstić information content (AvgIpc) is 3.31. The molecule has 0 saturated carbocycles. The van der Waals surface area contributed by atoms with Gasteiger partial charge in [0.15, 0.2) is 11.5 Å². The third-order valence-electron chi connectivity index (χ3n) is 4.61. The minimum Gasteiger partial charge on any atom is -0.454 e. The van der Waals surface area contributed by atoms with Gasteiger partial charge in [-0.05, 0) is 43.4 Å². The van der Waals surface area contributed by atoms with E-state index >= 15 is 0 Å². The normalized spacial score (nSPS) is 12.7. The van der Waals surface area contributed by atoms with Crippen LogP contribution < -0.4 is 14.8 Å². The molecule has 0 atom stereocenters. The lowest BCUT2D eigenvalue weighted by Crippen LogP contribution is -2.17. The van der Waals surface area contributed by atoms with E-state index in [-0.39, 0.29) is 6.79 Å². The Labute approximate surface area is 159 Å². The Morgan fingerprint density at radius 2 is 1.78 bits per heavy atom. The first-order chi connectivity index (χ1) is 13.2. The van der Waals surface area contributed by atoms with E-state index in [1.807, 2.05) is 24.4 Å². The van der Waals surface area contributed by atoms with Crippen LogP contribution in [-0.2, 0) is 19.6 Å². The van der Waals surface area contributed by atoms with Gasteiger partial charge >= 0.3 is 0 Å². The quantitative estimate of drug-likeness (QED) is 0.674. The molecule has 27 heavy (non-hydrogen) atoms. The molecule has 1 aliphatic rings. The van der Waals surface area contributed by atoms with Crippen molar-refractivity contribution in [1.82, 2.24) is 20.4 Å². The number of aromatic nitrogens is 2. The number of fused-ring (bicyclic) bond motifs is 1. The van der Waals surface area contributed by atoms with Gasteiger partial charge in [0.25, 0.3) is 0 Å². The maximum absolute atomic E-state index is 5.48. The molecule has 3 aromatic rings. The van der Waals surface area contributed by atoms with Crippen molar-refractivity contribution in [2.24, 2.45) is 0 Å². The Kier molecular flexibility index (Phi) is 5.09. The molecule has 140 valence electrons. The minimum absolute atomic E-state index is 0.280. The summed E-state index contributed by atoms with van der Waals surface area (Å²) in [6, 6.07) is 14.5. The highest BCUT2D eigenvalue weighted by atomic mass is 16.7. The van der Waals surface area contributed by atoms with Crippen LogP contribution >= 0.6 is 0 Å². The number of H-pyrrole nitrogens is 1. The van der Waals surface area contributed by atoms with E-state index in [2.05, 4.69) is 58.8 Å². The SMILES string of the molecule is CN(C)Cc1ccccc1CNCc1cn[nH]c1-c1ccc2c(c1)OCO2. The van der Waals surface area contributed by atoms with Crippen LogP contribution in [-0.4, -0.2) is 36.0 Å². The zero-order chi connectivity index (χ0) is 18.6. The molecule has 0 fully saturated rings. The molecule has 0 amide bonds. The van der Waals surface area contributed by atoms with Crippen LogP contribution in [0.2, 0.25) is 0 Å². The van der Waals surface area contributed by atoms with Gasteiger partial charge in [0, 0.05) is 30.8 Å². The summed E-state index contributed by atoms with van der Waals surface area (Å²) >= 11 is 0. The average molecular weight is 364 g/mol. The van der Waals surface area contributed by atoms with Crippen LogP contribution in [0, 0.1) is 0 Å². The second kappa shape index (κ2) is 7.82. The van der Waals surface area contributed by atoms with Crippen LogP contribution in [0.5, 0.6) is 11.5 Å². The number of nitrogens with zero attached hydrogens (tertiary/aromatic N) is 2. The van der Waals surface area contributed by atoms with E-state index in [1.54, 1.807) is 0 Å². The summed E-state index contributed by atoms with van der Waals surface area (Å²) in [5.41, 5.74) is 5.83. The molecule has 2 N–H and O–H groups in total. The van der Waals surface area contributed by atoms with E-state index in [0.717, 1.165) is 48.0 Å². The molecular formula is C21H24N4O2. The van der Waals surface area contributed by atoms with Gasteiger partial charge in [0.2, 0.25) is 6.79 Å². The van der Waals surface area contributed by atoms with Crippen molar-refractivity contribution in [1.29, 1.82) is 0 Å². The summed E-state index contributed by atoms with van der Waals surface area (Å²) in [5.74, 6) is 1.56. The van der Waals surface area contributed by atoms with E-state index in [9.17, 15) is 0 Å². The predicted molar refractivity (Wildman–Crippen MR) is 105 cm³/mol. The molecule has 1 aromatic heterocycles. The molecule has 6 heteroatoms. The summed E-state index contributed by atoms with van der Waals surface area (Å²) in [7, 11) is 4.18. The summed E-state index contributed by atoms with van der Waals surface area (Å²) in [4.78, 5) is 2.19. The van der Waals surface area contributed by atoms with Crippen LogP contribution in [0.25, 0.3) is 11.3 Å². The highest BCUT2D eigenvalue weighted by Gasteiger charge is 2.16. The second-order valence-electron chi connectivity index (χ2n) is 6.95. The van der Waals surface area contributed by atoms with Crippen LogP contribution in [0.1, 0.15) is 16.7 Å². The maximum atomic E-state index is 5.48. The van der Waals surface area contributed by atoms with Crippen molar-refractivity contribution in [3.8, 4) is 22.8 Å². The third kappa shape index (κ3) is 3.97. The lowest BCUT2D eigenvalue weighted by atomic mass is 10.1. The fourth-order valence-electron chi connectivity index (χ4n) is 3.30. The lowest BCUT2D eigenvalue weighted by molar-refractivity contribution is 0.174. The minimum atomic E-state index is 0.280. The molecule has 1 aliphatic heterocycles. The Hall–Kier alpha value is -2.83. The van der Waals surface area contributed by atoms with Crippen LogP contribution in [0.4, 0.5) is 0 Å². The molecule has 0 radical (unpaired) electrons. The number of aromatic amines is 1. The molecular weight excluding hydrogens is 340 g/mol. The highest BCUT2D eigenvalue weighted by molar-refractivity contribution is 5.66. The van der Waals surface area contributed by atoms with Crippen LogP contribution in [0.15, 0.2) is 48.7 Å². The number of ether oxygens (including phenoxy) is 2. The van der Waals surface area contributed by atoms with E-state index in [0.29, 0.717) is 0 Å². The first kappa shape index (κ1) is 17.6. The van der Waals surface area contributed by atoms with E-state index in [1.165, 1.54) is 11.1 Å². The lowest BCUT2D eigenvalue weighted by Gasteiger charge is -2.14. The van der Waals surface area contributed by atoms with Gasteiger partial charge in [-0.25, -0.2) is 0 Å². The van der Waals surface area contributed by atoms with Crippen LogP contribution in [0.3, 0.4) is 0 Å².